The Labute approximate surface area is 441 Å². The van der Waals surface area contributed by atoms with Crippen molar-refractivity contribution < 1.29 is 8.83 Å². The second kappa shape index (κ2) is 15.7. The van der Waals surface area contributed by atoms with Gasteiger partial charge in [-0.25, -0.2) is 0 Å². The van der Waals surface area contributed by atoms with Crippen molar-refractivity contribution in [2.75, 3.05) is 9.80 Å². The van der Waals surface area contributed by atoms with Crippen LogP contribution in [-0.2, 0) is 5.41 Å². The Hall–Kier alpha value is -9.68. The molecule has 0 bridgehead atoms. The molecule has 0 fully saturated rings. The molecule has 5 heteroatoms. The highest BCUT2D eigenvalue weighted by Gasteiger charge is 2.53. The summed E-state index contributed by atoms with van der Waals surface area (Å²) in [5, 5.41) is 9.43. The molecule has 0 saturated heterocycles. The summed E-state index contributed by atoms with van der Waals surface area (Å²) in [5.74, 6) is 0. The van der Waals surface area contributed by atoms with Crippen molar-refractivity contribution in [1.29, 1.82) is 0 Å². The van der Waals surface area contributed by atoms with Gasteiger partial charge in [-0.3, -0.25) is 0 Å². The van der Waals surface area contributed by atoms with Crippen LogP contribution in [-0.4, -0.2) is 0 Å². The number of nitrogens with zero attached hydrogens (tertiary/aromatic N) is 2. The van der Waals surface area contributed by atoms with Gasteiger partial charge in [0.2, 0.25) is 0 Å². The summed E-state index contributed by atoms with van der Waals surface area (Å²) in [6, 6.07) is 93.5. The van der Waals surface area contributed by atoms with Crippen molar-refractivity contribution in [3.05, 3.63) is 277 Å². The number of para-hydroxylation sites is 4. The minimum Gasteiger partial charge on any atom is -0.456 e. The van der Waals surface area contributed by atoms with Crippen molar-refractivity contribution in [2.45, 2.75) is 5.41 Å². The summed E-state index contributed by atoms with van der Waals surface area (Å²) in [4.78, 5) is 4.92. The zero-order chi connectivity index (χ0) is 49.6. The highest BCUT2D eigenvalue weighted by atomic mass is 32.1. The lowest BCUT2D eigenvalue weighted by Crippen LogP contribution is -2.26. The average molecular weight is 987 g/mol. The summed E-state index contributed by atoms with van der Waals surface area (Å²) >= 11 is 1.91. The van der Waals surface area contributed by atoms with Gasteiger partial charge < -0.3 is 18.6 Å². The fourth-order valence-electron chi connectivity index (χ4n) is 13.3. The van der Waals surface area contributed by atoms with Gasteiger partial charge in [-0.05, 0) is 129 Å². The van der Waals surface area contributed by atoms with E-state index in [2.05, 4.69) is 252 Å². The maximum atomic E-state index is 6.71. The van der Waals surface area contributed by atoms with E-state index in [0.717, 1.165) is 78.0 Å². The van der Waals surface area contributed by atoms with Gasteiger partial charge in [-0.1, -0.05) is 164 Å². The largest absolute Gasteiger partial charge is 0.456 e. The van der Waals surface area contributed by atoms with Crippen molar-refractivity contribution in [3.8, 4) is 22.3 Å². The molecule has 2 aliphatic rings. The van der Waals surface area contributed by atoms with Gasteiger partial charge in [0.1, 0.15) is 22.3 Å². The highest BCUT2D eigenvalue weighted by molar-refractivity contribution is 7.27. The lowest BCUT2D eigenvalue weighted by Gasteiger charge is -2.33. The Balaban J connectivity index is 1.02. The van der Waals surface area contributed by atoms with Gasteiger partial charge in [0, 0.05) is 83.2 Å². The van der Waals surface area contributed by atoms with Gasteiger partial charge in [-0.2, -0.15) is 0 Å². The normalized spacial score (nSPS) is 13.1. The Kier molecular flexibility index (Phi) is 8.61. The molecule has 0 unspecified atom stereocenters. The van der Waals surface area contributed by atoms with Gasteiger partial charge in [0.15, 0.2) is 0 Å². The standard InChI is InChI=1S/C71H42N2O2S/c1-3-18-44(19-4-1)72(47-32-36-54-52-25-11-15-29-63(52)74-65(54)40-47)46-34-38-57-61(39-46)71(59-27-13-9-23-50(59)51-24-10-14-28-60(51)71)62-42-58-56-35-31-43-17-7-8-22-49(43)69(56)76-70(58)68(67(57)62)73(45-20-5-2-6-21-45)48-33-37-55-53-26-12-16-30-64(53)75-66(55)41-48/h1-42H. The third kappa shape index (κ3) is 5.67. The van der Waals surface area contributed by atoms with Crippen LogP contribution in [0.5, 0.6) is 0 Å². The predicted molar refractivity (Wildman–Crippen MR) is 317 cm³/mol. The zero-order valence-electron chi connectivity index (χ0n) is 40.9. The third-order valence-corrected chi connectivity index (χ3v) is 17.7. The fraction of sp³-hybridized carbons (Fsp3) is 0.0141. The van der Waals surface area contributed by atoms with E-state index in [1.807, 2.05) is 23.5 Å². The lowest BCUT2D eigenvalue weighted by molar-refractivity contribution is 0.668. The summed E-state index contributed by atoms with van der Waals surface area (Å²) in [7, 11) is 0. The number of hydrogen-bond acceptors (Lipinski definition) is 5. The van der Waals surface area contributed by atoms with Crippen LogP contribution in [0, 0.1) is 0 Å². The molecule has 0 amide bonds. The smallest absolute Gasteiger partial charge is 0.137 e. The van der Waals surface area contributed by atoms with Crippen LogP contribution in [0.3, 0.4) is 0 Å². The predicted octanol–water partition coefficient (Wildman–Crippen LogP) is 20.3. The Morgan fingerprint density at radius 1 is 0.289 bits per heavy atom. The molecule has 4 nitrogen and oxygen atoms in total. The first-order chi connectivity index (χ1) is 37.7. The van der Waals surface area contributed by atoms with E-state index < -0.39 is 5.41 Å². The molecule has 3 aromatic heterocycles. The van der Waals surface area contributed by atoms with Gasteiger partial charge in [0.05, 0.1) is 15.8 Å². The highest BCUT2D eigenvalue weighted by Crippen LogP contribution is 2.67. The van der Waals surface area contributed by atoms with Crippen LogP contribution in [0.2, 0.25) is 0 Å². The van der Waals surface area contributed by atoms with Gasteiger partial charge in [0.25, 0.3) is 0 Å². The van der Waals surface area contributed by atoms with Gasteiger partial charge in [-0.15, -0.1) is 11.3 Å². The minimum absolute atomic E-state index is 0.696. The molecule has 354 valence electrons. The van der Waals surface area contributed by atoms with E-state index in [1.54, 1.807) is 0 Å². The summed E-state index contributed by atoms with van der Waals surface area (Å²) in [6.45, 7) is 0. The van der Waals surface area contributed by atoms with Crippen molar-refractivity contribution in [3.63, 3.8) is 0 Å². The second-order valence-corrected chi connectivity index (χ2v) is 21.3. The Bertz CT molecular complexity index is 4870. The number of furan rings is 2. The first-order valence-corrected chi connectivity index (χ1v) is 26.8. The van der Waals surface area contributed by atoms with Crippen LogP contribution in [0.25, 0.3) is 97.1 Å². The molecule has 12 aromatic carbocycles. The molecule has 15 aromatic rings. The third-order valence-electron chi connectivity index (χ3n) is 16.4. The molecule has 17 rings (SSSR count). The average Bonchev–Trinajstić information content (AvgIpc) is 4.34. The van der Waals surface area contributed by atoms with E-state index in [-0.39, 0.29) is 0 Å². The summed E-state index contributed by atoms with van der Waals surface area (Å²) in [5.41, 5.74) is 19.2. The molecule has 0 atom stereocenters. The maximum Gasteiger partial charge on any atom is 0.137 e. The molecule has 3 heterocycles. The van der Waals surface area contributed by atoms with Gasteiger partial charge >= 0.3 is 0 Å². The quantitative estimate of drug-likeness (QED) is 0.166. The number of benzene rings is 12. The molecule has 1 spiro atoms. The minimum atomic E-state index is -0.696. The van der Waals surface area contributed by atoms with E-state index >= 15 is 0 Å². The summed E-state index contributed by atoms with van der Waals surface area (Å²) < 4.78 is 15.8. The van der Waals surface area contributed by atoms with E-state index in [9.17, 15) is 0 Å². The van der Waals surface area contributed by atoms with Crippen molar-refractivity contribution in [1.82, 2.24) is 0 Å². The Morgan fingerprint density at radius 2 is 0.789 bits per heavy atom. The topological polar surface area (TPSA) is 32.8 Å². The van der Waals surface area contributed by atoms with Crippen molar-refractivity contribution in [2.24, 2.45) is 0 Å². The molecule has 0 N–H and O–H groups in total. The van der Waals surface area contributed by atoms with E-state index in [4.69, 9.17) is 8.83 Å². The SMILES string of the molecule is c1ccc(N(c2ccc3c(c2)C2(c4ccccc4-c4ccccc42)c2cc4c(sc5c6ccccc6ccc45)c(N(c4ccccc4)c4ccc5c(c4)oc4ccccc45)c2-3)c2ccc3c(c2)oc2ccccc23)cc1. The zero-order valence-corrected chi connectivity index (χ0v) is 41.7. The number of fused-ring (bicyclic) bond motifs is 21. The number of rotatable bonds is 6. The van der Waals surface area contributed by atoms with E-state index in [1.165, 1.54) is 75.5 Å². The monoisotopic (exact) mass is 986 g/mol. The number of thiophene rings is 1. The molecular weight excluding hydrogens is 945 g/mol. The molecule has 2 aliphatic carbocycles. The van der Waals surface area contributed by atoms with Crippen LogP contribution >= 0.6 is 11.3 Å². The number of hydrogen-bond donors (Lipinski definition) is 0. The second-order valence-electron chi connectivity index (χ2n) is 20.3. The van der Waals surface area contributed by atoms with Crippen LogP contribution in [0.1, 0.15) is 22.3 Å². The first kappa shape index (κ1) is 41.8. The fourth-order valence-corrected chi connectivity index (χ4v) is 14.6. The lowest BCUT2D eigenvalue weighted by atomic mass is 9.70. The molecular formula is C71H42N2O2S. The first-order valence-electron chi connectivity index (χ1n) is 26.0. The van der Waals surface area contributed by atoms with Crippen LogP contribution in [0.4, 0.5) is 34.1 Å². The van der Waals surface area contributed by atoms with E-state index in [0.29, 0.717) is 0 Å². The van der Waals surface area contributed by atoms with Crippen LogP contribution < -0.4 is 9.80 Å². The molecule has 0 aliphatic heterocycles. The van der Waals surface area contributed by atoms with Crippen molar-refractivity contribution >= 4 is 120 Å². The van der Waals surface area contributed by atoms with Crippen LogP contribution in [0.15, 0.2) is 264 Å². The molecule has 76 heavy (non-hydrogen) atoms. The summed E-state index contributed by atoms with van der Waals surface area (Å²) in [6.07, 6.45) is 0. The maximum absolute atomic E-state index is 6.71. The molecule has 0 radical (unpaired) electrons. The Morgan fingerprint density at radius 3 is 1.45 bits per heavy atom. The molecule has 0 saturated carbocycles. The number of anilines is 6.